The lowest BCUT2D eigenvalue weighted by Crippen LogP contribution is -1.97. The molecule has 0 aliphatic heterocycles. The molecule has 0 aliphatic carbocycles. The van der Waals surface area contributed by atoms with Gasteiger partial charge in [-0.2, -0.15) is 0 Å². The van der Waals surface area contributed by atoms with Crippen LogP contribution in [0, 0.1) is 6.92 Å². The lowest BCUT2D eigenvalue weighted by molar-refractivity contribution is 0.0697. The van der Waals surface area contributed by atoms with Crippen LogP contribution in [-0.2, 0) is 13.2 Å². The molecular weight excluding hydrogens is 290 g/mol. The minimum Gasteiger partial charge on any atom is -0.489 e. The van der Waals surface area contributed by atoms with Crippen LogP contribution in [0.5, 0.6) is 5.75 Å². The van der Waals surface area contributed by atoms with Gasteiger partial charge in [0.25, 0.3) is 0 Å². The highest BCUT2D eigenvalue weighted by atomic mass is 16.5. The van der Waals surface area contributed by atoms with E-state index in [1.54, 1.807) is 12.1 Å². The fraction of sp³-hybridized carbons (Fsp3) is 0.211. The normalized spacial score (nSPS) is 10.9. The SMILES string of the molecule is CCn1cc(COc2ccc(C)cc2)c2ccc(C(=O)O)cc21. The topological polar surface area (TPSA) is 51.5 Å². The number of aromatic nitrogens is 1. The van der Waals surface area contributed by atoms with Crippen molar-refractivity contribution in [2.24, 2.45) is 0 Å². The van der Waals surface area contributed by atoms with Gasteiger partial charge >= 0.3 is 5.97 Å². The summed E-state index contributed by atoms with van der Waals surface area (Å²) in [5.74, 6) is -0.0802. The van der Waals surface area contributed by atoms with E-state index in [1.165, 1.54) is 5.56 Å². The number of ether oxygens (including phenoxy) is 1. The number of benzene rings is 2. The third-order valence-corrected chi connectivity index (χ3v) is 3.97. The van der Waals surface area contributed by atoms with Gasteiger partial charge in [0.05, 0.1) is 5.56 Å². The quantitative estimate of drug-likeness (QED) is 0.766. The van der Waals surface area contributed by atoms with Crippen molar-refractivity contribution in [3.8, 4) is 5.75 Å². The van der Waals surface area contributed by atoms with Gasteiger partial charge in [0, 0.05) is 29.2 Å². The van der Waals surface area contributed by atoms with Crippen LogP contribution in [0.15, 0.2) is 48.7 Å². The highest BCUT2D eigenvalue weighted by Gasteiger charge is 2.11. The highest BCUT2D eigenvalue weighted by molar-refractivity contribution is 5.94. The number of aromatic carboxylic acids is 1. The first-order valence-corrected chi connectivity index (χ1v) is 7.63. The lowest BCUT2D eigenvalue weighted by Gasteiger charge is -2.05. The zero-order valence-electron chi connectivity index (χ0n) is 13.2. The second-order valence-electron chi connectivity index (χ2n) is 5.58. The Hall–Kier alpha value is -2.75. The van der Waals surface area contributed by atoms with E-state index in [0.717, 1.165) is 28.8 Å². The van der Waals surface area contributed by atoms with Gasteiger partial charge in [-0.05, 0) is 38.1 Å². The predicted octanol–water partition coefficient (Wildman–Crippen LogP) is 4.25. The Bertz CT molecular complexity index is 847. The number of hydrogen-bond acceptors (Lipinski definition) is 2. The van der Waals surface area contributed by atoms with Crippen LogP contribution >= 0.6 is 0 Å². The van der Waals surface area contributed by atoms with Crippen LogP contribution in [0.3, 0.4) is 0 Å². The molecule has 0 saturated heterocycles. The molecule has 4 heteroatoms. The van der Waals surface area contributed by atoms with E-state index in [2.05, 4.69) is 4.57 Å². The molecule has 1 N–H and O–H groups in total. The summed E-state index contributed by atoms with van der Waals surface area (Å²) in [6.07, 6.45) is 2.03. The van der Waals surface area contributed by atoms with Gasteiger partial charge in [0.2, 0.25) is 0 Å². The lowest BCUT2D eigenvalue weighted by atomic mass is 10.1. The summed E-state index contributed by atoms with van der Waals surface area (Å²) in [7, 11) is 0. The number of aryl methyl sites for hydroxylation is 2. The average molecular weight is 309 g/mol. The minimum absolute atomic E-state index is 0.302. The monoisotopic (exact) mass is 309 g/mol. The maximum Gasteiger partial charge on any atom is 0.335 e. The Morgan fingerprint density at radius 1 is 1.17 bits per heavy atom. The highest BCUT2D eigenvalue weighted by Crippen LogP contribution is 2.24. The molecular formula is C19H19NO3. The molecule has 0 spiro atoms. The maximum absolute atomic E-state index is 11.2. The van der Waals surface area contributed by atoms with Gasteiger partial charge < -0.3 is 14.4 Å². The molecule has 0 atom stereocenters. The Morgan fingerprint density at radius 3 is 2.57 bits per heavy atom. The molecule has 0 amide bonds. The molecule has 0 bridgehead atoms. The standard InChI is InChI=1S/C19H19NO3/c1-3-20-11-15(12-23-16-7-4-13(2)5-8-16)17-9-6-14(19(21)22)10-18(17)20/h4-11H,3,12H2,1-2H3,(H,21,22). The van der Waals surface area contributed by atoms with Crippen molar-refractivity contribution in [3.63, 3.8) is 0 Å². The third kappa shape index (κ3) is 3.06. The molecule has 118 valence electrons. The largest absolute Gasteiger partial charge is 0.489 e. The average Bonchev–Trinajstić information content (AvgIpc) is 2.91. The van der Waals surface area contributed by atoms with E-state index in [1.807, 2.05) is 50.4 Å². The van der Waals surface area contributed by atoms with E-state index in [-0.39, 0.29) is 0 Å². The van der Waals surface area contributed by atoms with E-state index < -0.39 is 5.97 Å². The van der Waals surface area contributed by atoms with E-state index in [0.29, 0.717) is 12.2 Å². The van der Waals surface area contributed by atoms with Gasteiger partial charge in [-0.25, -0.2) is 4.79 Å². The first kappa shape index (κ1) is 15.2. The summed E-state index contributed by atoms with van der Waals surface area (Å²) < 4.78 is 7.91. The van der Waals surface area contributed by atoms with Crippen molar-refractivity contribution in [2.75, 3.05) is 0 Å². The Labute approximate surface area is 134 Å². The maximum atomic E-state index is 11.2. The fourth-order valence-electron chi connectivity index (χ4n) is 2.67. The zero-order chi connectivity index (χ0) is 16.4. The summed E-state index contributed by atoms with van der Waals surface area (Å²) in [6, 6.07) is 13.2. The molecule has 0 aliphatic rings. The third-order valence-electron chi connectivity index (χ3n) is 3.97. The fourth-order valence-corrected chi connectivity index (χ4v) is 2.67. The van der Waals surface area contributed by atoms with Crippen molar-refractivity contribution < 1.29 is 14.6 Å². The Balaban J connectivity index is 1.91. The molecule has 3 rings (SSSR count). The molecule has 3 aromatic rings. The van der Waals surface area contributed by atoms with Gasteiger partial charge in [0.1, 0.15) is 12.4 Å². The minimum atomic E-state index is -0.909. The number of carbonyl (C=O) groups is 1. The number of hydrogen-bond donors (Lipinski definition) is 1. The summed E-state index contributed by atoms with van der Waals surface area (Å²) >= 11 is 0. The van der Waals surface area contributed by atoms with Crippen molar-refractivity contribution in [1.29, 1.82) is 0 Å². The number of rotatable bonds is 5. The van der Waals surface area contributed by atoms with Crippen molar-refractivity contribution >= 4 is 16.9 Å². The smallest absolute Gasteiger partial charge is 0.335 e. The van der Waals surface area contributed by atoms with Crippen LogP contribution < -0.4 is 4.74 Å². The van der Waals surface area contributed by atoms with Crippen LogP contribution in [0.2, 0.25) is 0 Å². The Kier molecular flexibility index (Phi) is 4.06. The first-order chi connectivity index (χ1) is 11.1. The van der Waals surface area contributed by atoms with Crippen LogP contribution in [0.25, 0.3) is 10.9 Å². The molecule has 0 radical (unpaired) electrons. The first-order valence-electron chi connectivity index (χ1n) is 7.63. The van der Waals surface area contributed by atoms with E-state index in [4.69, 9.17) is 9.84 Å². The Morgan fingerprint density at radius 2 is 1.91 bits per heavy atom. The van der Waals surface area contributed by atoms with Gasteiger partial charge in [-0.15, -0.1) is 0 Å². The van der Waals surface area contributed by atoms with Gasteiger partial charge in [-0.1, -0.05) is 23.8 Å². The van der Waals surface area contributed by atoms with E-state index in [9.17, 15) is 4.79 Å². The van der Waals surface area contributed by atoms with Crippen molar-refractivity contribution in [3.05, 3.63) is 65.4 Å². The summed E-state index contributed by atoms with van der Waals surface area (Å²) in [6.45, 7) is 5.32. The van der Waals surface area contributed by atoms with Gasteiger partial charge in [0.15, 0.2) is 0 Å². The molecule has 1 heterocycles. The second-order valence-corrected chi connectivity index (χ2v) is 5.58. The van der Waals surface area contributed by atoms with Gasteiger partial charge in [-0.3, -0.25) is 0 Å². The number of fused-ring (bicyclic) bond motifs is 1. The number of nitrogens with zero attached hydrogens (tertiary/aromatic N) is 1. The van der Waals surface area contributed by atoms with Crippen LogP contribution in [0.1, 0.15) is 28.4 Å². The number of carboxylic acids is 1. The summed E-state index contributed by atoms with van der Waals surface area (Å²) in [5, 5.41) is 10.2. The van der Waals surface area contributed by atoms with Crippen molar-refractivity contribution in [1.82, 2.24) is 4.57 Å². The molecule has 23 heavy (non-hydrogen) atoms. The molecule has 0 fully saturated rings. The predicted molar refractivity (Wildman–Crippen MR) is 90.1 cm³/mol. The summed E-state index contributed by atoms with van der Waals surface area (Å²) in [4.78, 5) is 11.2. The summed E-state index contributed by atoms with van der Waals surface area (Å²) in [5.41, 5.74) is 3.48. The molecule has 2 aromatic carbocycles. The molecule has 1 aromatic heterocycles. The molecule has 4 nitrogen and oxygen atoms in total. The van der Waals surface area contributed by atoms with Crippen molar-refractivity contribution in [2.45, 2.75) is 27.0 Å². The molecule has 0 saturated carbocycles. The molecule has 0 unspecified atom stereocenters. The second kappa shape index (κ2) is 6.16. The van der Waals surface area contributed by atoms with E-state index >= 15 is 0 Å². The number of carboxylic acid groups (broad SMARTS) is 1. The zero-order valence-corrected chi connectivity index (χ0v) is 13.2. The van der Waals surface area contributed by atoms with Crippen LogP contribution in [0.4, 0.5) is 0 Å². The van der Waals surface area contributed by atoms with Crippen LogP contribution in [-0.4, -0.2) is 15.6 Å².